The lowest BCUT2D eigenvalue weighted by molar-refractivity contribution is -0.149. The van der Waals surface area contributed by atoms with Gasteiger partial charge in [0.1, 0.15) is 12.1 Å². The molecule has 0 aliphatic carbocycles. The summed E-state index contributed by atoms with van der Waals surface area (Å²) >= 11 is 6.36. The Bertz CT molecular complexity index is 580. The molecule has 1 N–H and O–H groups in total. The van der Waals surface area contributed by atoms with Gasteiger partial charge in [-0.1, -0.05) is 18.5 Å². The molecule has 0 atom stereocenters. The van der Waals surface area contributed by atoms with Crippen LogP contribution < -0.4 is 5.32 Å². The summed E-state index contributed by atoms with van der Waals surface area (Å²) in [6, 6.07) is 0. The van der Waals surface area contributed by atoms with E-state index in [2.05, 4.69) is 10.4 Å². The highest BCUT2D eigenvalue weighted by molar-refractivity contribution is 6.31. The van der Waals surface area contributed by atoms with E-state index >= 15 is 0 Å². The Morgan fingerprint density at radius 3 is 2.57 bits per heavy atom. The highest BCUT2D eigenvalue weighted by atomic mass is 35.5. The predicted molar refractivity (Wildman–Crippen MR) is 79.9 cm³/mol. The number of piperazine rings is 1. The largest absolute Gasteiger partial charge is 0.341 e. The Morgan fingerprint density at radius 2 is 2.00 bits per heavy atom. The number of amides is 2. The van der Waals surface area contributed by atoms with E-state index in [1.807, 2.05) is 13.8 Å². The number of halogens is 1. The molecule has 0 bridgehead atoms. The summed E-state index contributed by atoms with van der Waals surface area (Å²) in [6.45, 7) is 8.39. The summed E-state index contributed by atoms with van der Waals surface area (Å²) in [7, 11) is 0. The van der Waals surface area contributed by atoms with Gasteiger partial charge in [-0.25, -0.2) is 0 Å². The summed E-state index contributed by atoms with van der Waals surface area (Å²) in [5.41, 5.74) is 0.725. The van der Waals surface area contributed by atoms with Crippen molar-refractivity contribution in [2.24, 2.45) is 0 Å². The van der Waals surface area contributed by atoms with Crippen molar-refractivity contribution in [3.05, 3.63) is 16.4 Å². The third-order valence-electron chi connectivity index (χ3n) is 3.64. The summed E-state index contributed by atoms with van der Waals surface area (Å²) in [6.07, 6.45) is 0.735. The van der Waals surface area contributed by atoms with E-state index in [1.54, 1.807) is 18.5 Å². The smallest absolute Gasteiger partial charge is 0.248 e. The van der Waals surface area contributed by atoms with Crippen molar-refractivity contribution in [3.63, 3.8) is 0 Å². The molecule has 0 radical (unpaired) electrons. The van der Waals surface area contributed by atoms with Crippen LogP contribution in [0.2, 0.25) is 5.02 Å². The number of rotatable bonds is 4. The molecule has 1 aliphatic heterocycles. The van der Waals surface area contributed by atoms with Gasteiger partial charge in [0, 0.05) is 6.54 Å². The number of aromatic nitrogens is 2. The summed E-state index contributed by atoms with van der Waals surface area (Å²) in [5.74, 6) is -0.269. The third kappa shape index (κ3) is 2.90. The van der Waals surface area contributed by atoms with E-state index in [4.69, 9.17) is 11.6 Å². The van der Waals surface area contributed by atoms with E-state index < -0.39 is 5.54 Å². The van der Waals surface area contributed by atoms with Crippen molar-refractivity contribution >= 4 is 23.4 Å². The average molecular weight is 313 g/mol. The maximum Gasteiger partial charge on any atom is 0.248 e. The van der Waals surface area contributed by atoms with Gasteiger partial charge in [-0.05, 0) is 27.2 Å². The van der Waals surface area contributed by atoms with Crippen LogP contribution in [0, 0.1) is 0 Å². The molecule has 1 fully saturated rings. The van der Waals surface area contributed by atoms with Crippen LogP contribution in [0.25, 0.3) is 0 Å². The molecular weight excluding hydrogens is 292 g/mol. The minimum atomic E-state index is -0.882. The topological polar surface area (TPSA) is 67.2 Å². The molecule has 1 saturated heterocycles. The Morgan fingerprint density at radius 1 is 1.33 bits per heavy atom. The van der Waals surface area contributed by atoms with Crippen molar-refractivity contribution in [1.29, 1.82) is 0 Å². The van der Waals surface area contributed by atoms with Crippen molar-refractivity contribution in [2.45, 2.75) is 52.7 Å². The van der Waals surface area contributed by atoms with Gasteiger partial charge in [-0.2, -0.15) is 5.10 Å². The molecule has 2 rings (SSSR count). The second-order valence-corrected chi connectivity index (χ2v) is 6.09. The maximum absolute atomic E-state index is 12.4. The zero-order valence-corrected chi connectivity index (χ0v) is 13.6. The van der Waals surface area contributed by atoms with Crippen LogP contribution >= 0.6 is 11.6 Å². The van der Waals surface area contributed by atoms with Crippen LogP contribution in [0.5, 0.6) is 0 Å². The molecule has 2 amide bonds. The SMILES string of the molecule is CCc1nn(CC)c(CN2CC(=O)NC(C)(C)C2=O)c1Cl. The van der Waals surface area contributed by atoms with Gasteiger partial charge in [-0.3, -0.25) is 14.3 Å². The molecule has 0 saturated carbocycles. The van der Waals surface area contributed by atoms with Gasteiger partial charge < -0.3 is 10.2 Å². The number of nitrogens with zero attached hydrogens (tertiary/aromatic N) is 3. The second-order valence-electron chi connectivity index (χ2n) is 5.71. The van der Waals surface area contributed by atoms with Gasteiger partial charge in [0.2, 0.25) is 11.8 Å². The molecule has 21 heavy (non-hydrogen) atoms. The molecule has 0 spiro atoms. The van der Waals surface area contributed by atoms with Crippen molar-refractivity contribution in [1.82, 2.24) is 20.0 Å². The molecule has 6 nitrogen and oxygen atoms in total. The Hall–Kier alpha value is -1.56. The molecule has 1 aliphatic rings. The van der Waals surface area contributed by atoms with E-state index in [0.717, 1.165) is 17.8 Å². The highest BCUT2D eigenvalue weighted by Gasteiger charge is 2.39. The van der Waals surface area contributed by atoms with Crippen molar-refractivity contribution < 1.29 is 9.59 Å². The van der Waals surface area contributed by atoms with Crippen molar-refractivity contribution in [3.8, 4) is 0 Å². The first kappa shape index (κ1) is 15.8. The van der Waals surface area contributed by atoms with Crippen LogP contribution in [0.15, 0.2) is 0 Å². The van der Waals surface area contributed by atoms with Crippen LogP contribution in [-0.4, -0.2) is 38.6 Å². The average Bonchev–Trinajstić information content (AvgIpc) is 2.71. The van der Waals surface area contributed by atoms with Gasteiger partial charge in [0.25, 0.3) is 0 Å². The monoisotopic (exact) mass is 312 g/mol. The number of hydrogen-bond acceptors (Lipinski definition) is 3. The molecular formula is C14H21ClN4O2. The first-order chi connectivity index (χ1) is 9.80. The first-order valence-corrected chi connectivity index (χ1v) is 7.52. The van der Waals surface area contributed by atoms with E-state index in [0.29, 0.717) is 18.1 Å². The second kappa shape index (κ2) is 5.67. The summed E-state index contributed by atoms with van der Waals surface area (Å²) in [4.78, 5) is 25.7. The molecule has 2 heterocycles. The van der Waals surface area contributed by atoms with Crippen LogP contribution in [0.4, 0.5) is 0 Å². The summed E-state index contributed by atoms with van der Waals surface area (Å²) in [5, 5.41) is 7.73. The maximum atomic E-state index is 12.4. The Kier molecular flexibility index (Phi) is 4.27. The predicted octanol–water partition coefficient (Wildman–Crippen LogP) is 1.36. The molecule has 7 heteroatoms. The summed E-state index contributed by atoms with van der Waals surface area (Å²) < 4.78 is 1.80. The minimum Gasteiger partial charge on any atom is -0.341 e. The van der Waals surface area contributed by atoms with E-state index in [1.165, 1.54) is 4.90 Å². The lowest BCUT2D eigenvalue weighted by atomic mass is 10.0. The number of hydrogen-bond donors (Lipinski definition) is 1. The Labute approximate surface area is 129 Å². The lowest BCUT2D eigenvalue weighted by Gasteiger charge is -2.37. The fourth-order valence-electron chi connectivity index (χ4n) is 2.56. The van der Waals surface area contributed by atoms with Crippen LogP contribution in [0.1, 0.15) is 39.1 Å². The fraction of sp³-hybridized carbons (Fsp3) is 0.643. The van der Waals surface area contributed by atoms with Gasteiger partial charge in [0.05, 0.1) is 23.0 Å². The van der Waals surface area contributed by atoms with E-state index in [9.17, 15) is 9.59 Å². The molecule has 0 aromatic carbocycles. The zero-order chi connectivity index (χ0) is 15.8. The van der Waals surface area contributed by atoms with E-state index in [-0.39, 0.29) is 18.4 Å². The number of aryl methyl sites for hydroxylation is 2. The van der Waals surface area contributed by atoms with Gasteiger partial charge in [-0.15, -0.1) is 0 Å². The normalized spacial score (nSPS) is 18.0. The van der Waals surface area contributed by atoms with Gasteiger partial charge in [0.15, 0.2) is 0 Å². The minimum absolute atomic E-state index is 0.0505. The standard InChI is InChI=1S/C14H21ClN4O2/c1-5-9-12(15)10(19(6-2)17-9)7-18-8-11(20)16-14(3,4)13(18)21/h5-8H2,1-4H3,(H,16,20). The molecule has 0 unspecified atom stereocenters. The molecule has 1 aromatic rings. The number of nitrogens with one attached hydrogen (secondary N) is 1. The van der Waals surface area contributed by atoms with Gasteiger partial charge >= 0.3 is 0 Å². The zero-order valence-electron chi connectivity index (χ0n) is 12.9. The quantitative estimate of drug-likeness (QED) is 0.912. The van der Waals surface area contributed by atoms with Crippen molar-refractivity contribution in [2.75, 3.05) is 6.54 Å². The highest BCUT2D eigenvalue weighted by Crippen LogP contribution is 2.25. The molecule has 116 valence electrons. The molecule has 1 aromatic heterocycles. The fourth-order valence-corrected chi connectivity index (χ4v) is 2.89. The van der Waals surface area contributed by atoms with Crippen LogP contribution in [-0.2, 0) is 29.1 Å². The lowest BCUT2D eigenvalue weighted by Crippen LogP contribution is -2.63. The number of carbonyl (C=O) groups excluding carboxylic acids is 2. The van der Waals surface area contributed by atoms with Crippen LogP contribution in [0.3, 0.4) is 0 Å². The third-order valence-corrected chi connectivity index (χ3v) is 4.08. The first-order valence-electron chi connectivity index (χ1n) is 7.14. The Balaban J connectivity index is 2.31. The number of carbonyl (C=O) groups is 2.